The van der Waals surface area contributed by atoms with Crippen LogP contribution in [0.3, 0.4) is 0 Å². The molecule has 2 rings (SSSR count). The van der Waals surface area contributed by atoms with E-state index in [9.17, 15) is 9.90 Å². The number of hydrogen-bond donors (Lipinski definition) is 2. The van der Waals surface area contributed by atoms with Crippen molar-refractivity contribution in [1.29, 1.82) is 0 Å². The Balaban J connectivity index is 2.14. The molecule has 4 nitrogen and oxygen atoms in total. The number of ether oxygens (including phenoxy) is 1. The molecule has 0 aliphatic heterocycles. The minimum Gasteiger partial charge on any atom is -0.494 e. The fourth-order valence-corrected chi connectivity index (χ4v) is 2.32. The number of hydrogen-bond acceptors (Lipinski definition) is 3. The van der Waals surface area contributed by atoms with Crippen molar-refractivity contribution >= 4 is 5.97 Å². The van der Waals surface area contributed by atoms with Crippen LogP contribution in [0.5, 0.6) is 5.75 Å². The molecule has 116 valence electrons. The molecule has 0 bridgehead atoms. The molecule has 0 aliphatic carbocycles. The third kappa shape index (κ3) is 4.09. The van der Waals surface area contributed by atoms with E-state index in [1.54, 1.807) is 24.3 Å². The SMILES string of the molecule is CCOc1ccc(C(NC(C)c2ccccc2)C(=O)O)cc1. The average molecular weight is 299 g/mol. The second-order valence-corrected chi connectivity index (χ2v) is 5.07. The van der Waals surface area contributed by atoms with Crippen LogP contribution in [0.1, 0.15) is 37.1 Å². The lowest BCUT2D eigenvalue weighted by atomic mass is 10.0. The molecule has 0 spiro atoms. The number of carbonyl (C=O) groups is 1. The second kappa shape index (κ2) is 7.61. The van der Waals surface area contributed by atoms with Crippen molar-refractivity contribution in [2.24, 2.45) is 0 Å². The number of carboxylic acids is 1. The van der Waals surface area contributed by atoms with Crippen LogP contribution in [0, 0.1) is 0 Å². The fourth-order valence-electron chi connectivity index (χ4n) is 2.32. The van der Waals surface area contributed by atoms with Gasteiger partial charge < -0.3 is 9.84 Å². The first-order valence-electron chi connectivity index (χ1n) is 7.38. The lowest BCUT2D eigenvalue weighted by molar-refractivity contribution is -0.139. The monoisotopic (exact) mass is 299 g/mol. The minimum atomic E-state index is -0.896. The van der Waals surface area contributed by atoms with Gasteiger partial charge >= 0.3 is 5.97 Å². The van der Waals surface area contributed by atoms with Crippen molar-refractivity contribution in [3.05, 3.63) is 65.7 Å². The highest BCUT2D eigenvalue weighted by Crippen LogP contribution is 2.22. The highest BCUT2D eigenvalue weighted by atomic mass is 16.5. The lowest BCUT2D eigenvalue weighted by Crippen LogP contribution is -2.30. The van der Waals surface area contributed by atoms with Crippen LogP contribution < -0.4 is 10.1 Å². The predicted molar refractivity (Wildman–Crippen MR) is 86.0 cm³/mol. The van der Waals surface area contributed by atoms with Gasteiger partial charge in [0.25, 0.3) is 0 Å². The van der Waals surface area contributed by atoms with E-state index < -0.39 is 12.0 Å². The summed E-state index contributed by atoms with van der Waals surface area (Å²) in [7, 11) is 0. The Kier molecular flexibility index (Phi) is 5.55. The Labute approximate surface area is 130 Å². The highest BCUT2D eigenvalue weighted by molar-refractivity contribution is 5.75. The van der Waals surface area contributed by atoms with Gasteiger partial charge in [0, 0.05) is 6.04 Å². The number of benzene rings is 2. The number of nitrogens with one attached hydrogen (secondary N) is 1. The van der Waals surface area contributed by atoms with Crippen LogP contribution in [0.4, 0.5) is 0 Å². The summed E-state index contributed by atoms with van der Waals surface area (Å²) in [6, 6.07) is 16.1. The molecule has 0 saturated carbocycles. The van der Waals surface area contributed by atoms with Gasteiger partial charge in [0.05, 0.1) is 6.61 Å². The van der Waals surface area contributed by atoms with Gasteiger partial charge in [-0.25, -0.2) is 0 Å². The zero-order chi connectivity index (χ0) is 15.9. The van der Waals surface area contributed by atoms with Gasteiger partial charge in [-0.1, -0.05) is 42.5 Å². The molecule has 2 aromatic rings. The first-order valence-corrected chi connectivity index (χ1v) is 7.38. The molecule has 0 heterocycles. The summed E-state index contributed by atoms with van der Waals surface area (Å²) in [5.41, 5.74) is 1.76. The van der Waals surface area contributed by atoms with Crippen LogP contribution in [0.15, 0.2) is 54.6 Å². The summed E-state index contributed by atoms with van der Waals surface area (Å²) in [6.07, 6.45) is 0. The van der Waals surface area contributed by atoms with Crippen molar-refractivity contribution in [1.82, 2.24) is 5.32 Å². The minimum absolute atomic E-state index is 0.0612. The van der Waals surface area contributed by atoms with Crippen molar-refractivity contribution < 1.29 is 14.6 Å². The standard InChI is InChI=1S/C18H21NO3/c1-3-22-16-11-9-15(10-12-16)17(18(20)21)19-13(2)14-7-5-4-6-8-14/h4-13,17,19H,3H2,1-2H3,(H,20,21). The summed E-state index contributed by atoms with van der Waals surface area (Å²) in [5, 5.41) is 12.7. The van der Waals surface area contributed by atoms with Crippen molar-refractivity contribution in [3.8, 4) is 5.75 Å². The van der Waals surface area contributed by atoms with Gasteiger partial charge in [0.1, 0.15) is 11.8 Å². The van der Waals surface area contributed by atoms with E-state index in [2.05, 4.69) is 5.32 Å². The van der Waals surface area contributed by atoms with Gasteiger partial charge in [0.2, 0.25) is 0 Å². The third-order valence-corrected chi connectivity index (χ3v) is 3.49. The molecular formula is C18H21NO3. The van der Waals surface area contributed by atoms with Gasteiger partial charge in [-0.2, -0.15) is 0 Å². The Bertz CT molecular complexity index is 595. The van der Waals surface area contributed by atoms with Crippen LogP contribution in [-0.2, 0) is 4.79 Å². The van der Waals surface area contributed by atoms with Gasteiger partial charge in [-0.15, -0.1) is 0 Å². The number of aliphatic carboxylic acids is 1. The summed E-state index contributed by atoms with van der Waals surface area (Å²) in [6.45, 7) is 4.46. The highest BCUT2D eigenvalue weighted by Gasteiger charge is 2.22. The molecule has 0 aromatic heterocycles. The largest absolute Gasteiger partial charge is 0.494 e. The van der Waals surface area contributed by atoms with Crippen molar-refractivity contribution in [3.63, 3.8) is 0 Å². The maximum atomic E-state index is 11.6. The summed E-state index contributed by atoms with van der Waals surface area (Å²) >= 11 is 0. The molecule has 22 heavy (non-hydrogen) atoms. The Hall–Kier alpha value is -2.33. The third-order valence-electron chi connectivity index (χ3n) is 3.49. The zero-order valence-electron chi connectivity index (χ0n) is 12.8. The second-order valence-electron chi connectivity index (χ2n) is 5.07. The molecule has 0 saturated heterocycles. The van der Waals surface area contributed by atoms with E-state index in [1.807, 2.05) is 44.2 Å². The van der Waals surface area contributed by atoms with E-state index in [0.717, 1.165) is 11.3 Å². The Morgan fingerprint density at radius 2 is 1.73 bits per heavy atom. The van der Waals surface area contributed by atoms with Crippen LogP contribution in [-0.4, -0.2) is 17.7 Å². The average Bonchev–Trinajstić information content (AvgIpc) is 2.54. The summed E-state index contributed by atoms with van der Waals surface area (Å²) in [5.74, 6) is -0.154. The van der Waals surface area contributed by atoms with Gasteiger partial charge in [-0.05, 0) is 37.1 Å². The van der Waals surface area contributed by atoms with Gasteiger partial charge in [0.15, 0.2) is 0 Å². The molecule has 2 aromatic carbocycles. The predicted octanol–water partition coefficient (Wildman–Crippen LogP) is 3.56. The molecular weight excluding hydrogens is 278 g/mol. The van der Waals surface area contributed by atoms with Crippen LogP contribution >= 0.6 is 0 Å². The molecule has 0 fully saturated rings. The normalized spacial score (nSPS) is 13.4. The van der Waals surface area contributed by atoms with E-state index in [0.29, 0.717) is 12.2 Å². The van der Waals surface area contributed by atoms with E-state index >= 15 is 0 Å². The Morgan fingerprint density at radius 1 is 1.09 bits per heavy atom. The van der Waals surface area contributed by atoms with E-state index in [4.69, 9.17) is 4.74 Å². The molecule has 2 unspecified atom stereocenters. The molecule has 4 heteroatoms. The molecule has 0 amide bonds. The fraction of sp³-hybridized carbons (Fsp3) is 0.278. The first kappa shape index (κ1) is 16.0. The maximum Gasteiger partial charge on any atom is 0.325 e. The zero-order valence-corrected chi connectivity index (χ0v) is 12.8. The van der Waals surface area contributed by atoms with E-state index in [-0.39, 0.29) is 6.04 Å². The van der Waals surface area contributed by atoms with Crippen LogP contribution in [0.2, 0.25) is 0 Å². The maximum absolute atomic E-state index is 11.6. The number of rotatable bonds is 7. The lowest BCUT2D eigenvalue weighted by Gasteiger charge is -2.21. The topological polar surface area (TPSA) is 58.6 Å². The van der Waals surface area contributed by atoms with Gasteiger partial charge in [-0.3, -0.25) is 10.1 Å². The molecule has 2 N–H and O–H groups in total. The molecule has 0 aliphatic rings. The Morgan fingerprint density at radius 3 is 2.27 bits per heavy atom. The van der Waals surface area contributed by atoms with Crippen molar-refractivity contribution in [2.75, 3.05) is 6.61 Å². The first-order chi connectivity index (χ1) is 10.6. The molecule has 0 radical (unpaired) electrons. The quantitative estimate of drug-likeness (QED) is 0.820. The van der Waals surface area contributed by atoms with Crippen LogP contribution in [0.25, 0.3) is 0 Å². The summed E-state index contributed by atoms with van der Waals surface area (Å²) in [4.78, 5) is 11.6. The smallest absolute Gasteiger partial charge is 0.325 e. The number of carboxylic acid groups (broad SMARTS) is 1. The van der Waals surface area contributed by atoms with Crippen molar-refractivity contribution in [2.45, 2.75) is 25.9 Å². The van der Waals surface area contributed by atoms with E-state index in [1.165, 1.54) is 0 Å². The molecule has 2 atom stereocenters. The summed E-state index contributed by atoms with van der Waals surface area (Å²) < 4.78 is 5.38.